The van der Waals surface area contributed by atoms with Crippen molar-refractivity contribution in [2.75, 3.05) is 7.05 Å². The molecule has 0 saturated heterocycles. The number of hydrogen-bond acceptors (Lipinski definition) is 6. The Morgan fingerprint density at radius 3 is 2.81 bits per heavy atom. The first-order chi connectivity index (χ1) is 13.1. The highest BCUT2D eigenvalue weighted by Crippen LogP contribution is 2.36. The van der Waals surface area contributed by atoms with E-state index in [1.807, 2.05) is 48.0 Å². The Bertz CT molecular complexity index is 984. The van der Waals surface area contributed by atoms with E-state index in [0.29, 0.717) is 12.2 Å². The van der Waals surface area contributed by atoms with Crippen LogP contribution >= 0.6 is 0 Å². The lowest BCUT2D eigenvalue weighted by molar-refractivity contribution is -0.0164. The van der Waals surface area contributed by atoms with Gasteiger partial charge in [-0.1, -0.05) is 12.1 Å². The number of benzene rings is 1. The minimum Gasteiger partial charge on any atom is -0.487 e. The smallest absolute Gasteiger partial charge is 0.143 e. The van der Waals surface area contributed by atoms with Crippen LogP contribution in [0.25, 0.3) is 11.0 Å². The largest absolute Gasteiger partial charge is 0.487 e. The molecule has 1 fully saturated rings. The summed E-state index contributed by atoms with van der Waals surface area (Å²) in [6.45, 7) is 1.92. The van der Waals surface area contributed by atoms with E-state index in [2.05, 4.69) is 15.0 Å². The lowest BCUT2D eigenvalue weighted by Crippen LogP contribution is -2.34. The average Bonchev–Trinajstić information content (AvgIpc) is 3.21. The van der Waals surface area contributed by atoms with Crippen LogP contribution in [-0.2, 0) is 0 Å². The highest BCUT2D eigenvalue weighted by Gasteiger charge is 2.44. The zero-order valence-electron chi connectivity index (χ0n) is 15.2. The third-order valence-corrected chi connectivity index (χ3v) is 5.13. The molecule has 7 nitrogen and oxygen atoms in total. The molecule has 1 saturated carbocycles. The molecule has 0 bridgehead atoms. The number of aliphatic imine (C=N–C) groups is 1. The van der Waals surface area contributed by atoms with Crippen LogP contribution in [0.3, 0.4) is 0 Å². The second-order valence-corrected chi connectivity index (χ2v) is 6.79. The zero-order chi connectivity index (χ0) is 19.0. The standard InChI is InChI=1S/C20H22N4O3/c1-12-14-7-8-24(20(14)23-11-22-12)15-9-17(19(26)18(15)25)27-16-6-4-3-5-13(16)10-21-2/h3-8,10-11,15,17-19,25-26H,9H2,1-2H3/b21-10-/t15-,17+,18+,19-/m0/s1. The Balaban J connectivity index is 1.62. The lowest BCUT2D eigenvalue weighted by atomic mass is 10.2. The van der Waals surface area contributed by atoms with E-state index in [9.17, 15) is 10.2 Å². The van der Waals surface area contributed by atoms with Crippen LogP contribution in [0.1, 0.15) is 23.7 Å². The van der Waals surface area contributed by atoms with Crippen molar-refractivity contribution >= 4 is 17.2 Å². The molecule has 0 spiro atoms. The van der Waals surface area contributed by atoms with Crippen molar-refractivity contribution in [3.05, 3.63) is 54.1 Å². The van der Waals surface area contributed by atoms with Gasteiger partial charge in [-0.05, 0) is 25.1 Å². The number of rotatable bonds is 4. The van der Waals surface area contributed by atoms with E-state index < -0.39 is 18.3 Å². The molecule has 1 aromatic carbocycles. The van der Waals surface area contributed by atoms with E-state index >= 15 is 0 Å². The molecule has 0 radical (unpaired) electrons. The first kappa shape index (κ1) is 17.6. The molecule has 27 heavy (non-hydrogen) atoms. The van der Waals surface area contributed by atoms with E-state index in [4.69, 9.17) is 4.74 Å². The summed E-state index contributed by atoms with van der Waals surface area (Å²) in [5.41, 5.74) is 2.46. The summed E-state index contributed by atoms with van der Waals surface area (Å²) in [4.78, 5) is 12.6. The molecule has 1 aliphatic carbocycles. The van der Waals surface area contributed by atoms with Crippen molar-refractivity contribution in [1.82, 2.24) is 14.5 Å². The van der Waals surface area contributed by atoms with Gasteiger partial charge in [0, 0.05) is 36.8 Å². The normalized spacial score (nSPS) is 25.5. The first-order valence-corrected chi connectivity index (χ1v) is 8.92. The highest BCUT2D eigenvalue weighted by molar-refractivity contribution is 5.83. The van der Waals surface area contributed by atoms with Gasteiger partial charge in [-0.25, -0.2) is 9.97 Å². The van der Waals surface area contributed by atoms with Crippen LogP contribution in [0.5, 0.6) is 5.75 Å². The number of ether oxygens (including phenoxy) is 1. The van der Waals surface area contributed by atoms with Gasteiger partial charge in [0.15, 0.2) is 0 Å². The van der Waals surface area contributed by atoms with Crippen LogP contribution in [0, 0.1) is 6.92 Å². The van der Waals surface area contributed by atoms with Crippen LogP contribution in [0.2, 0.25) is 0 Å². The Labute approximate surface area is 157 Å². The summed E-state index contributed by atoms with van der Waals surface area (Å²) in [6.07, 6.45) is 3.09. The van der Waals surface area contributed by atoms with Crippen molar-refractivity contribution in [2.45, 2.75) is 37.7 Å². The molecule has 2 N–H and O–H groups in total. The van der Waals surface area contributed by atoms with Crippen molar-refractivity contribution in [2.24, 2.45) is 4.99 Å². The number of aromatic nitrogens is 3. The third-order valence-electron chi connectivity index (χ3n) is 5.13. The topological polar surface area (TPSA) is 92.8 Å². The maximum absolute atomic E-state index is 10.7. The fourth-order valence-electron chi connectivity index (χ4n) is 3.72. The summed E-state index contributed by atoms with van der Waals surface area (Å²) in [5.74, 6) is 0.635. The molecule has 4 atom stereocenters. The predicted molar refractivity (Wildman–Crippen MR) is 102 cm³/mol. The number of aliphatic hydroxyl groups is 2. The number of aliphatic hydroxyl groups excluding tert-OH is 2. The average molecular weight is 366 g/mol. The summed E-state index contributed by atoms with van der Waals surface area (Å²) < 4.78 is 7.96. The summed E-state index contributed by atoms with van der Waals surface area (Å²) >= 11 is 0. The predicted octanol–water partition coefficient (Wildman–Crippen LogP) is 1.90. The van der Waals surface area contributed by atoms with Gasteiger partial charge in [-0.15, -0.1) is 0 Å². The molecule has 3 aromatic rings. The molecule has 1 aliphatic rings. The minimum absolute atomic E-state index is 0.330. The monoisotopic (exact) mass is 366 g/mol. The number of hydrogen-bond donors (Lipinski definition) is 2. The molecule has 2 heterocycles. The van der Waals surface area contributed by atoms with E-state index in [1.165, 1.54) is 6.33 Å². The first-order valence-electron chi connectivity index (χ1n) is 8.92. The molecule has 0 amide bonds. The van der Waals surface area contributed by atoms with E-state index in [1.54, 1.807) is 13.3 Å². The fraction of sp³-hybridized carbons (Fsp3) is 0.350. The van der Waals surface area contributed by atoms with E-state index in [0.717, 1.165) is 22.3 Å². The molecule has 2 aromatic heterocycles. The maximum atomic E-state index is 10.7. The van der Waals surface area contributed by atoms with Gasteiger partial charge in [-0.2, -0.15) is 0 Å². The van der Waals surface area contributed by atoms with Gasteiger partial charge in [0.1, 0.15) is 36.0 Å². The van der Waals surface area contributed by atoms with Gasteiger partial charge >= 0.3 is 0 Å². The summed E-state index contributed by atoms with van der Waals surface area (Å²) in [7, 11) is 1.70. The van der Waals surface area contributed by atoms with Crippen LogP contribution in [0.4, 0.5) is 0 Å². The van der Waals surface area contributed by atoms with Gasteiger partial charge in [0.25, 0.3) is 0 Å². The van der Waals surface area contributed by atoms with Crippen molar-refractivity contribution in [3.63, 3.8) is 0 Å². The number of fused-ring (bicyclic) bond motifs is 1. The number of nitrogens with zero attached hydrogens (tertiary/aromatic N) is 4. The molecule has 4 rings (SSSR count). The molecular formula is C20H22N4O3. The molecular weight excluding hydrogens is 344 g/mol. The lowest BCUT2D eigenvalue weighted by Gasteiger charge is -2.19. The SMILES string of the molecule is C/N=C\c1ccccc1O[C@@H]1C[C@H](n2ccc3c(C)ncnc32)[C@@H](O)[C@H]1O. The minimum atomic E-state index is -0.998. The second-order valence-electron chi connectivity index (χ2n) is 6.79. The second kappa shape index (κ2) is 7.09. The van der Waals surface area contributed by atoms with Crippen molar-refractivity contribution in [3.8, 4) is 5.75 Å². The van der Waals surface area contributed by atoms with Gasteiger partial charge < -0.3 is 19.5 Å². The number of aryl methyl sites for hydroxylation is 1. The van der Waals surface area contributed by atoms with Crippen molar-refractivity contribution in [1.29, 1.82) is 0 Å². The fourth-order valence-corrected chi connectivity index (χ4v) is 3.72. The molecule has 0 aliphatic heterocycles. The number of para-hydroxylation sites is 1. The maximum Gasteiger partial charge on any atom is 0.143 e. The molecule has 0 unspecified atom stereocenters. The Morgan fingerprint density at radius 2 is 2.00 bits per heavy atom. The Hall–Kier alpha value is -2.77. The Kier molecular flexibility index (Phi) is 4.63. The van der Waals surface area contributed by atoms with Crippen LogP contribution in [-0.4, -0.2) is 56.3 Å². The van der Waals surface area contributed by atoms with Crippen LogP contribution < -0.4 is 4.74 Å². The summed E-state index contributed by atoms with van der Waals surface area (Å²) in [6, 6.07) is 9.12. The van der Waals surface area contributed by atoms with Gasteiger partial charge in [0.05, 0.1) is 11.7 Å². The molecule has 7 heteroatoms. The highest BCUT2D eigenvalue weighted by atomic mass is 16.5. The van der Waals surface area contributed by atoms with Crippen molar-refractivity contribution < 1.29 is 14.9 Å². The Morgan fingerprint density at radius 1 is 1.19 bits per heavy atom. The third kappa shape index (κ3) is 3.09. The van der Waals surface area contributed by atoms with Gasteiger partial charge in [-0.3, -0.25) is 4.99 Å². The quantitative estimate of drug-likeness (QED) is 0.688. The summed E-state index contributed by atoms with van der Waals surface area (Å²) in [5, 5.41) is 22.2. The zero-order valence-corrected chi connectivity index (χ0v) is 15.2. The van der Waals surface area contributed by atoms with Gasteiger partial charge in [0.2, 0.25) is 0 Å². The van der Waals surface area contributed by atoms with E-state index in [-0.39, 0.29) is 6.04 Å². The van der Waals surface area contributed by atoms with Crippen LogP contribution in [0.15, 0.2) is 47.8 Å². The molecule has 140 valence electrons.